The Labute approximate surface area is 82.7 Å². The van der Waals surface area contributed by atoms with Gasteiger partial charge in [-0.25, -0.2) is 0 Å². The van der Waals surface area contributed by atoms with Crippen LogP contribution in [0.1, 0.15) is 12.5 Å². The molecule has 1 aliphatic heterocycles. The Balaban J connectivity index is 2.21. The quantitative estimate of drug-likeness (QED) is 0.657. The molecular weight excluding hydrogens is 178 g/mol. The monoisotopic (exact) mass is 191 g/mol. The third-order valence-electron chi connectivity index (χ3n) is 2.58. The minimum Gasteiger partial charge on any atom is -0.353 e. The molecule has 1 aromatic heterocycles. The van der Waals surface area contributed by atoms with Crippen molar-refractivity contribution in [2.45, 2.75) is 12.5 Å². The zero-order valence-electron chi connectivity index (χ0n) is 8.08. The fraction of sp³-hybridized carbons (Fsp3) is 0.400. The van der Waals surface area contributed by atoms with Gasteiger partial charge in [-0.15, -0.1) is 0 Å². The molecule has 1 unspecified atom stereocenters. The number of carbonyl (C=O) groups is 1. The Kier molecular flexibility index (Phi) is 2.21. The van der Waals surface area contributed by atoms with Crippen LogP contribution < -0.4 is 10.6 Å². The molecule has 1 saturated heterocycles. The largest absolute Gasteiger partial charge is 0.353 e. The summed E-state index contributed by atoms with van der Waals surface area (Å²) in [4.78, 5) is 15.1. The van der Waals surface area contributed by atoms with Crippen molar-refractivity contribution in [2.75, 3.05) is 13.1 Å². The highest BCUT2D eigenvalue weighted by molar-refractivity contribution is 5.79. The smallest absolute Gasteiger partial charge is 0.234 e. The van der Waals surface area contributed by atoms with Gasteiger partial charge in [-0.05, 0) is 18.6 Å². The first kappa shape index (κ1) is 9.15. The zero-order valence-corrected chi connectivity index (χ0v) is 8.08. The molecule has 2 rings (SSSR count). The van der Waals surface area contributed by atoms with Crippen LogP contribution in [0.2, 0.25) is 0 Å². The fourth-order valence-corrected chi connectivity index (χ4v) is 1.57. The highest BCUT2D eigenvalue weighted by Gasteiger charge is 2.30. The van der Waals surface area contributed by atoms with E-state index in [4.69, 9.17) is 0 Å². The van der Waals surface area contributed by atoms with E-state index in [0.717, 1.165) is 5.56 Å². The molecule has 0 radical (unpaired) electrons. The lowest BCUT2D eigenvalue weighted by atomic mass is 9.92. The van der Waals surface area contributed by atoms with Crippen molar-refractivity contribution in [2.24, 2.45) is 0 Å². The second kappa shape index (κ2) is 3.38. The van der Waals surface area contributed by atoms with Crippen LogP contribution in [-0.2, 0) is 10.3 Å². The van der Waals surface area contributed by atoms with Crippen LogP contribution >= 0.6 is 0 Å². The van der Waals surface area contributed by atoms with Crippen molar-refractivity contribution < 1.29 is 4.79 Å². The van der Waals surface area contributed by atoms with Gasteiger partial charge in [-0.2, -0.15) is 0 Å². The lowest BCUT2D eigenvalue weighted by Gasteiger charge is -2.35. The van der Waals surface area contributed by atoms with Crippen LogP contribution in [0.25, 0.3) is 0 Å². The molecule has 4 nitrogen and oxygen atoms in total. The Morgan fingerprint density at radius 1 is 1.57 bits per heavy atom. The van der Waals surface area contributed by atoms with E-state index in [1.807, 2.05) is 18.3 Å². The van der Waals surface area contributed by atoms with E-state index in [1.165, 1.54) is 0 Å². The average molecular weight is 191 g/mol. The molecule has 1 aromatic rings. The topological polar surface area (TPSA) is 54.0 Å². The molecule has 2 N–H and O–H groups in total. The van der Waals surface area contributed by atoms with Gasteiger partial charge in [-0.1, -0.05) is 6.07 Å². The summed E-state index contributed by atoms with van der Waals surface area (Å²) >= 11 is 0. The number of hydrogen-bond acceptors (Lipinski definition) is 3. The summed E-state index contributed by atoms with van der Waals surface area (Å²) in [5, 5.41) is 6.05. The van der Waals surface area contributed by atoms with E-state index < -0.39 is 0 Å². The SMILES string of the molecule is CC1(c2cccnc2)CNC(=O)CN1. The standard InChI is InChI=1S/C10H13N3O/c1-10(7-12-9(14)6-13-10)8-3-2-4-11-5-8/h2-5,13H,6-7H2,1H3,(H,12,14). The molecule has 1 fully saturated rings. The molecule has 0 saturated carbocycles. The van der Waals surface area contributed by atoms with Gasteiger partial charge in [0.15, 0.2) is 0 Å². The first-order valence-electron chi connectivity index (χ1n) is 4.63. The zero-order chi connectivity index (χ0) is 10.0. The fourth-order valence-electron chi connectivity index (χ4n) is 1.57. The number of nitrogens with one attached hydrogen (secondary N) is 2. The van der Waals surface area contributed by atoms with Crippen molar-refractivity contribution in [3.8, 4) is 0 Å². The molecule has 0 spiro atoms. The van der Waals surface area contributed by atoms with Gasteiger partial charge >= 0.3 is 0 Å². The van der Waals surface area contributed by atoms with Crippen LogP contribution in [0.15, 0.2) is 24.5 Å². The number of rotatable bonds is 1. The maximum absolute atomic E-state index is 11.0. The molecule has 0 aromatic carbocycles. The first-order chi connectivity index (χ1) is 6.71. The number of nitrogens with zero attached hydrogens (tertiary/aromatic N) is 1. The molecule has 4 heteroatoms. The Bertz CT molecular complexity index is 326. The van der Waals surface area contributed by atoms with Crippen molar-refractivity contribution in [3.05, 3.63) is 30.1 Å². The van der Waals surface area contributed by atoms with Crippen LogP contribution in [0, 0.1) is 0 Å². The van der Waals surface area contributed by atoms with E-state index in [2.05, 4.69) is 22.5 Å². The predicted molar refractivity (Wildman–Crippen MR) is 52.6 cm³/mol. The third kappa shape index (κ3) is 1.61. The number of aromatic nitrogens is 1. The summed E-state index contributed by atoms with van der Waals surface area (Å²) in [6.45, 7) is 3.03. The number of carbonyl (C=O) groups excluding carboxylic acids is 1. The second-order valence-electron chi connectivity index (χ2n) is 3.70. The van der Waals surface area contributed by atoms with Crippen LogP contribution in [-0.4, -0.2) is 24.0 Å². The van der Waals surface area contributed by atoms with Crippen molar-refractivity contribution in [1.82, 2.24) is 15.6 Å². The van der Waals surface area contributed by atoms with Crippen LogP contribution in [0.4, 0.5) is 0 Å². The predicted octanol–water partition coefficient (Wildman–Crippen LogP) is 0.0162. The molecule has 74 valence electrons. The second-order valence-corrected chi connectivity index (χ2v) is 3.70. The van der Waals surface area contributed by atoms with Gasteiger partial charge in [0.2, 0.25) is 5.91 Å². The normalized spacial score (nSPS) is 27.1. The van der Waals surface area contributed by atoms with Crippen LogP contribution in [0.3, 0.4) is 0 Å². The van der Waals surface area contributed by atoms with Gasteiger partial charge < -0.3 is 5.32 Å². The average Bonchev–Trinajstić information content (AvgIpc) is 2.24. The molecule has 0 aliphatic carbocycles. The summed E-state index contributed by atoms with van der Waals surface area (Å²) in [6, 6.07) is 3.91. The van der Waals surface area contributed by atoms with E-state index >= 15 is 0 Å². The highest BCUT2D eigenvalue weighted by Crippen LogP contribution is 2.19. The lowest BCUT2D eigenvalue weighted by Crippen LogP contribution is -2.57. The summed E-state index contributed by atoms with van der Waals surface area (Å²) in [5.41, 5.74) is 0.905. The summed E-state index contributed by atoms with van der Waals surface area (Å²) in [5.74, 6) is 0.0476. The van der Waals surface area contributed by atoms with Crippen LogP contribution in [0.5, 0.6) is 0 Å². The van der Waals surface area contributed by atoms with E-state index in [9.17, 15) is 4.79 Å². The maximum Gasteiger partial charge on any atom is 0.234 e. The molecule has 1 atom stereocenters. The number of pyridine rings is 1. The summed E-state index contributed by atoms with van der Waals surface area (Å²) in [7, 11) is 0. The van der Waals surface area contributed by atoms with E-state index in [0.29, 0.717) is 13.1 Å². The van der Waals surface area contributed by atoms with E-state index in [1.54, 1.807) is 6.20 Å². The van der Waals surface area contributed by atoms with Gasteiger partial charge in [0.25, 0.3) is 0 Å². The van der Waals surface area contributed by atoms with Gasteiger partial charge in [-0.3, -0.25) is 15.1 Å². The minimum absolute atomic E-state index is 0.0476. The molecule has 14 heavy (non-hydrogen) atoms. The molecule has 2 heterocycles. The maximum atomic E-state index is 11.0. The van der Waals surface area contributed by atoms with Crippen molar-refractivity contribution in [1.29, 1.82) is 0 Å². The lowest BCUT2D eigenvalue weighted by molar-refractivity contribution is -0.122. The van der Waals surface area contributed by atoms with E-state index in [-0.39, 0.29) is 11.4 Å². The Morgan fingerprint density at radius 2 is 2.43 bits per heavy atom. The molecular formula is C10H13N3O. The highest BCUT2D eigenvalue weighted by atomic mass is 16.2. The minimum atomic E-state index is -0.192. The number of hydrogen-bond donors (Lipinski definition) is 2. The number of amides is 1. The first-order valence-corrected chi connectivity index (χ1v) is 4.63. The van der Waals surface area contributed by atoms with Gasteiger partial charge in [0, 0.05) is 18.9 Å². The van der Waals surface area contributed by atoms with Gasteiger partial charge in [0.05, 0.1) is 12.1 Å². The summed E-state index contributed by atoms with van der Waals surface area (Å²) < 4.78 is 0. The van der Waals surface area contributed by atoms with Gasteiger partial charge in [0.1, 0.15) is 0 Å². The molecule has 0 bridgehead atoms. The molecule has 1 aliphatic rings. The van der Waals surface area contributed by atoms with Crippen molar-refractivity contribution in [3.63, 3.8) is 0 Å². The van der Waals surface area contributed by atoms with Crippen molar-refractivity contribution >= 4 is 5.91 Å². The Hall–Kier alpha value is -1.42. The third-order valence-corrected chi connectivity index (χ3v) is 2.58. The Morgan fingerprint density at radius 3 is 3.00 bits per heavy atom. The number of piperazine rings is 1. The summed E-state index contributed by atoms with van der Waals surface area (Å²) in [6.07, 6.45) is 3.57. The molecule has 1 amide bonds.